The van der Waals surface area contributed by atoms with E-state index < -0.39 is 83.4 Å². The Hall–Kier alpha value is -2.22. The number of ether oxygens (including phenoxy) is 4. The monoisotopic (exact) mass is 902 g/mol. The van der Waals surface area contributed by atoms with Crippen LogP contribution in [0.5, 0.6) is 0 Å². The van der Waals surface area contributed by atoms with Gasteiger partial charge in [0, 0.05) is 62.8 Å². The van der Waals surface area contributed by atoms with Crippen LogP contribution in [-0.4, -0.2) is 133 Å². The highest BCUT2D eigenvalue weighted by Gasteiger charge is 2.65. The van der Waals surface area contributed by atoms with Gasteiger partial charge >= 0.3 is 23.9 Å². The normalized spacial score (nSPS) is 34.1. The lowest BCUT2D eigenvalue weighted by Gasteiger charge is -2.52. The van der Waals surface area contributed by atoms with Crippen molar-refractivity contribution < 1.29 is 47.7 Å². The number of Topliss-reactive ketones (excluding diaryl/α,β-unsaturated/α-hetero) is 2. The van der Waals surface area contributed by atoms with Crippen molar-refractivity contribution in [3.8, 4) is 0 Å². The van der Waals surface area contributed by atoms with E-state index in [9.17, 15) is 28.8 Å². The molecule has 0 aromatic rings. The van der Waals surface area contributed by atoms with Gasteiger partial charge in [0.15, 0.2) is 11.6 Å². The molecule has 6 fully saturated rings. The van der Waals surface area contributed by atoms with E-state index in [1.54, 1.807) is 13.8 Å². The van der Waals surface area contributed by atoms with E-state index >= 15 is 0 Å². The predicted molar refractivity (Wildman–Crippen MR) is 222 cm³/mol. The molecular weight excluding hydrogens is 846 g/mol. The lowest BCUT2D eigenvalue weighted by atomic mass is 9.57. The highest BCUT2D eigenvalue weighted by Crippen LogP contribution is 2.53. The zero-order valence-corrected chi connectivity index (χ0v) is 37.0. The van der Waals surface area contributed by atoms with Crippen molar-refractivity contribution in [3.05, 3.63) is 23.3 Å². The van der Waals surface area contributed by atoms with Crippen molar-refractivity contribution in [1.82, 2.24) is 9.80 Å². The number of alkyl halides is 4. The second-order valence-electron chi connectivity index (χ2n) is 16.8. The summed E-state index contributed by atoms with van der Waals surface area (Å²) in [5.41, 5.74) is 2.51. The Kier molecular flexibility index (Phi) is 16.7. The number of nitrogens with zero attached hydrogens (tertiary/aromatic N) is 2. The van der Waals surface area contributed by atoms with E-state index in [4.69, 9.17) is 65.4 Å². The third kappa shape index (κ3) is 9.88. The summed E-state index contributed by atoms with van der Waals surface area (Å²) in [5.74, 6) is -6.99. The molecule has 0 spiro atoms. The third-order valence-corrected chi connectivity index (χ3v) is 14.4. The number of allylic oxidation sites excluding steroid dienone is 4. The average molecular weight is 905 g/mol. The second kappa shape index (κ2) is 21.2. The van der Waals surface area contributed by atoms with Crippen LogP contribution in [0.15, 0.2) is 23.3 Å². The van der Waals surface area contributed by atoms with Gasteiger partial charge in [-0.3, -0.25) is 28.8 Å². The molecular formula is C43H58Cl4N2O10. The molecule has 0 radical (unpaired) electrons. The first kappa shape index (κ1) is 46.3. The van der Waals surface area contributed by atoms with Crippen LogP contribution >= 0.6 is 46.4 Å². The molecule has 4 aliphatic carbocycles. The minimum absolute atomic E-state index is 0.0792. The van der Waals surface area contributed by atoms with E-state index in [2.05, 4.69) is 12.2 Å². The first-order valence-electron chi connectivity index (χ1n) is 21.4. The van der Waals surface area contributed by atoms with Gasteiger partial charge in [-0.05, 0) is 82.5 Å². The molecule has 16 heteroatoms. The largest absolute Gasteiger partial charge is 0.466 e. The summed E-state index contributed by atoms with van der Waals surface area (Å²) in [6.07, 6.45) is 7.52. The van der Waals surface area contributed by atoms with Crippen LogP contribution in [0.4, 0.5) is 0 Å². The van der Waals surface area contributed by atoms with E-state index in [1.807, 2.05) is 9.80 Å². The van der Waals surface area contributed by atoms with E-state index in [-0.39, 0.29) is 36.6 Å². The Morgan fingerprint density at radius 2 is 1.02 bits per heavy atom. The van der Waals surface area contributed by atoms with Gasteiger partial charge in [0.2, 0.25) is 0 Å². The number of carbonyl (C=O) groups is 6. The molecule has 4 aliphatic heterocycles. The Morgan fingerprint density at radius 1 is 0.644 bits per heavy atom. The van der Waals surface area contributed by atoms with Crippen molar-refractivity contribution in [3.63, 3.8) is 0 Å². The topological polar surface area (TPSA) is 146 Å². The summed E-state index contributed by atoms with van der Waals surface area (Å²) < 4.78 is 22.8. The number of halogens is 4. The first-order valence-corrected chi connectivity index (χ1v) is 23.5. The van der Waals surface area contributed by atoms with Gasteiger partial charge in [0.1, 0.15) is 24.0 Å². The standard InChI is InChI=1S/C43H58Cl4N2O10/c1-3-56-40(52)34-30(32-36(50)28(38(34)58-42(32)54)22-48(17-13-44)18-14-45)26-9-5-24(6-10-26)21-25-7-11-27(12-8-25)31-33-37(51)29(23-49(19-15-46)20-16-47)39(59-43(33)55)35(31)41(53)57-4-2/h5,7,26-35,38-39H,3-4,6,8-23H2,1-2H3. The van der Waals surface area contributed by atoms with Crippen molar-refractivity contribution in [2.45, 2.75) is 71.0 Å². The predicted octanol–water partition coefficient (Wildman–Crippen LogP) is 5.46. The Morgan fingerprint density at radius 3 is 1.32 bits per heavy atom. The Balaban J connectivity index is 1.14. The summed E-state index contributed by atoms with van der Waals surface area (Å²) >= 11 is 24.1. The summed E-state index contributed by atoms with van der Waals surface area (Å²) in [6, 6.07) is 0. The van der Waals surface area contributed by atoms with Crippen LogP contribution in [0.25, 0.3) is 0 Å². The summed E-state index contributed by atoms with van der Waals surface area (Å²) in [4.78, 5) is 85.8. The van der Waals surface area contributed by atoms with Gasteiger partial charge in [-0.15, -0.1) is 46.4 Å². The molecule has 12 unspecified atom stereocenters. The van der Waals surface area contributed by atoms with Crippen molar-refractivity contribution in [2.75, 3.05) is 76.0 Å². The number of rotatable bonds is 20. The van der Waals surface area contributed by atoms with Gasteiger partial charge in [-0.2, -0.15) is 0 Å². The molecule has 0 N–H and O–H groups in total. The van der Waals surface area contributed by atoms with Crippen LogP contribution in [0.1, 0.15) is 58.8 Å². The number of carbonyl (C=O) groups excluding carboxylic acids is 6. The lowest BCUT2D eigenvalue weighted by molar-refractivity contribution is -0.208. The SMILES string of the molecule is CCOC(=O)C1C2OC(=O)C(C(=O)C2CN(CCCl)CCCl)C1C1CC=C(CC2=CCC(C3C4C(=O)OC(C(CN(CCCl)CCCl)C4=O)C3C(=O)OCC)CC2)CC1. The number of fused-ring (bicyclic) bond motifs is 6. The maximum atomic E-state index is 14.0. The molecule has 328 valence electrons. The molecule has 4 saturated heterocycles. The molecule has 8 aliphatic rings. The minimum atomic E-state index is -1.03. The quantitative estimate of drug-likeness (QED) is 0.0503. The molecule has 4 heterocycles. The van der Waals surface area contributed by atoms with E-state index in [0.717, 1.165) is 19.3 Å². The van der Waals surface area contributed by atoms with Crippen LogP contribution in [0.3, 0.4) is 0 Å². The maximum absolute atomic E-state index is 14.0. The fourth-order valence-corrected chi connectivity index (χ4v) is 12.1. The van der Waals surface area contributed by atoms with Crippen molar-refractivity contribution in [1.29, 1.82) is 0 Å². The molecule has 4 bridgehead atoms. The van der Waals surface area contributed by atoms with Gasteiger partial charge in [-0.25, -0.2) is 0 Å². The summed E-state index contributed by atoms with van der Waals surface area (Å²) in [6.45, 7) is 6.49. The molecule has 12 nitrogen and oxygen atoms in total. The van der Waals surface area contributed by atoms with Crippen molar-refractivity contribution in [2.24, 2.45) is 59.2 Å². The van der Waals surface area contributed by atoms with E-state index in [0.29, 0.717) is 88.5 Å². The summed E-state index contributed by atoms with van der Waals surface area (Å²) in [7, 11) is 0. The van der Waals surface area contributed by atoms with E-state index in [1.165, 1.54) is 11.1 Å². The third-order valence-electron chi connectivity index (χ3n) is 13.7. The fraction of sp³-hybridized carbons (Fsp3) is 0.767. The highest BCUT2D eigenvalue weighted by atomic mass is 35.5. The molecule has 0 amide bonds. The molecule has 2 saturated carbocycles. The highest BCUT2D eigenvalue weighted by molar-refractivity contribution is 6.19. The number of ketones is 2. The van der Waals surface area contributed by atoms with Crippen molar-refractivity contribution >= 4 is 81.8 Å². The maximum Gasteiger partial charge on any atom is 0.317 e. The smallest absolute Gasteiger partial charge is 0.317 e. The Labute approximate surface area is 367 Å². The van der Waals surface area contributed by atoms with Crippen LogP contribution in [-0.2, 0) is 47.7 Å². The Bertz CT molecular complexity index is 1510. The number of hydrogen-bond acceptors (Lipinski definition) is 12. The molecule has 12 atom stereocenters. The zero-order valence-electron chi connectivity index (χ0n) is 34.0. The van der Waals surface area contributed by atoms with Gasteiger partial charge in [-0.1, -0.05) is 23.3 Å². The second-order valence-corrected chi connectivity index (χ2v) is 18.3. The van der Waals surface area contributed by atoms with Gasteiger partial charge < -0.3 is 28.7 Å². The minimum Gasteiger partial charge on any atom is -0.466 e. The zero-order chi connectivity index (χ0) is 42.4. The average Bonchev–Trinajstić information content (AvgIpc) is 3.21. The molecule has 59 heavy (non-hydrogen) atoms. The van der Waals surface area contributed by atoms with Crippen LogP contribution in [0, 0.1) is 59.2 Å². The first-order chi connectivity index (χ1) is 28.5. The summed E-state index contributed by atoms with van der Waals surface area (Å²) in [5, 5.41) is 0. The molecule has 0 aromatic carbocycles. The lowest BCUT2D eigenvalue weighted by Crippen LogP contribution is -2.65. The van der Waals surface area contributed by atoms with Gasteiger partial charge in [0.25, 0.3) is 0 Å². The molecule has 8 rings (SSSR count). The van der Waals surface area contributed by atoms with Gasteiger partial charge in [0.05, 0.1) is 36.9 Å². The number of esters is 4. The number of hydrogen-bond donors (Lipinski definition) is 0. The fourth-order valence-electron chi connectivity index (χ4n) is 11.1. The van der Waals surface area contributed by atoms with Crippen LogP contribution < -0.4 is 0 Å². The molecule has 0 aromatic heterocycles. The van der Waals surface area contributed by atoms with Crippen LogP contribution in [0.2, 0.25) is 0 Å².